The highest BCUT2D eigenvalue weighted by Gasteiger charge is 2.50. The molecule has 5 heteroatoms. The van der Waals surface area contributed by atoms with Crippen molar-refractivity contribution >= 4 is 23.7 Å². The summed E-state index contributed by atoms with van der Waals surface area (Å²) in [6.45, 7) is 18.1. The molecule has 0 saturated heterocycles. The molecule has 0 aliphatic heterocycles. The minimum absolute atomic E-state index is 0.188. The van der Waals surface area contributed by atoms with E-state index < -0.39 is 23.7 Å². The molecule has 0 saturated carbocycles. The second kappa shape index (κ2) is 9.75. The quantitative estimate of drug-likeness (QED) is 0.321. The van der Waals surface area contributed by atoms with Crippen molar-refractivity contribution in [1.29, 1.82) is 0 Å². The molecule has 3 aromatic rings. The summed E-state index contributed by atoms with van der Waals surface area (Å²) in [5.74, 6) is 0. The van der Waals surface area contributed by atoms with Gasteiger partial charge in [-0.3, -0.25) is 18.9 Å². The predicted octanol–water partition coefficient (Wildman–Crippen LogP) is 7.95. The maximum Gasteiger partial charge on any atom is 0.287 e. The fraction of sp³-hybridized carbons (Fsp3) is 0.323. The fourth-order valence-corrected chi connectivity index (χ4v) is 7.86. The van der Waals surface area contributed by atoms with Crippen molar-refractivity contribution < 1.29 is 18.9 Å². The molecular weight excluding hydrogens is 467 g/mol. The summed E-state index contributed by atoms with van der Waals surface area (Å²) in [6, 6.07) is 9.22. The zero-order valence-corrected chi connectivity index (χ0v) is 23.9. The first kappa shape index (κ1) is 27.5. The summed E-state index contributed by atoms with van der Waals surface area (Å²) in [6.07, 6.45) is 0. The van der Waals surface area contributed by atoms with E-state index in [0.29, 0.717) is 33.4 Å². The van der Waals surface area contributed by atoms with E-state index in [9.17, 15) is 18.9 Å². The third-order valence-corrected chi connectivity index (χ3v) is 9.61. The zero-order chi connectivity index (χ0) is 27.3. The van der Waals surface area contributed by atoms with E-state index in [4.69, 9.17) is 0 Å². The Balaban J connectivity index is 2.43. The molecule has 0 heterocycles. The zero-order valence-electron chi connectivity index (χ0n) is 23.0. The van der Waals surface area contributed by atoms with Gasteiger partial charge < -0.3 is 0 Å². The van der Waals surface area contributed by atoms with E-state index in [-0.39, 0.29) is 16.7 Å². The molecule has 36 heavy (non-hydrogen) atoms. The average molecular weight is 503 g/mol. The third-order valence-electron chi connectivity index (χ3n) is 7.22. The standard InChI is InChI=1S/C31H35O4P/c1-16-11-20(5)26(21(6)12-16)29(32)36(35,30(33)27-22(7)13-17(2)14-23(27)8)31(34)28-24(9)18(3)15-19(4)25(28)10/h11-15H,1-10H3. The lowest BCUT2D eigenvalue weighted by molar-refractivity contribution is 0.100. The van der Waals surface area contributed by atoms with Gasteiger partial charge in [-0.2, -0.15) is 0 Å². The molecule has 0 aliphatic rings. The second-order valence-corrected chi connectivity index (χ2v) is 12.6. The first-order valence-electron chi connectivity index (χ1n) is 12.1. The lowest BCUT2D eigenvalue weighted by Gasteiger charge is -2.22. The monoisotopic (exact) mass is 502 g/mol. The highest BCUT2D eigenvalue weighted by atomic mass is 31.2. The highest BCUT2D eigenvalue weighted by Crippen LogP contribution is 2.57. The number of rotatable bonds is 6. The molecule has 0 bridgehead atoms. The van der Waals surface area contributed by atoms with Crippen LogP contribution in [0.25, 0.3) is 0 Å². The van der Waals surface area contributed by atoms with Crippen LogP contribution < -0.4 is 0 Å². The third kappa shape index (κ3) is 4.44. The SMILES string of the molecule is Cc1cc(C)c(C(=O)P(=O)(C(=O)c2c(C)cc(C)cc2C)C(=O)c2c(C)c(C)cc(C)c2C)c(C)c1. The van der Waals surface area contributed by atoms with Gasteiger partial charge in [-0.15, -0.1) is 0 Å². The molecule has 0 aliphatic carbocycles. The molecule has 0 aromatic heterocycles. The molecule has 4 nitrogen and oxygen atoms in total. The Morgan fingerprint density at radius 1 is 0.444 bits per heavy atom. The maximum atomic E-state index is 15.0. The maximum absolute atomic E-state index is 15.0. The number of benzene rings is 3. The van der Waals surface area contributed by atoms with Crippen LogP contribution in [0.2, 0.25) is 0 Å². The summed E-state index contributed by atoms with van der Waals surface area (Å²) in [5.41, 5.74) is 5.20. The van der Waals surface area contributed by atoms with Gasteiger partial charge in [0.2, 0.25) is 16.6 Å². The number of carbonyl (C=O) groups excluding carboxylic acids is 3. The summed E-state index contributed by atoms with van der Waals surface area (Å²) in [5, 5.41) is 0. The van der Waals surface area contributed by atoms with Gasteiger partial charge in [-0.25, -0.2) is 0 Å². The fourth-order valence-electron chi connectivity index (χ4n) is 5.32. The van der Waals surface area contributed by atoms with Crippen molar-refractivity contribution in [3.8, 4) is 0 Å². The van der Waals surface area contributed by atoms with Crippen molar-refractivity contribution in [1.82, 2.24) is 0 Å². The Morgan fingerprint density at radius 2 is 0.722 bits per heavy atom. The lowest BCUT2D eigenvalue weighted by Crippen LogP contribution is -2.22. The first-order chi connectivity index (χ1) is 16.6. The van der Waals surface area contributed by atoms with Crippen LogP contribution in [0.4, 0.5) is 0 Å². The summed E-state index contributed by atoms with van der Waals surface area (Å²) in [7, 11) is -4.81. The smallest absolute Gasteiger partial charge is 0.287 e. The molecular formula is C31H35O4P. The molecule has 3 aromatic carbocycles. The topological polar surface area (TPSA) is 68.3 Å². The predicted molar refractivity (Wildman–Crippen MR) is 147 cm³/mol. The number of hydrogen-bond donors (Lipinski definition) is 0. The number of hydrogen-bond acceptors (Lipinski definition) is 4. The second-order valence-electron chi connectivity index (χ2n) is 10.2. The molecule has 0 N–H and O–H groups in total. The Labute approximate surface area is 214 Å². The van der Waals surface area contributed by atoms with Gasteiger partial charge in [0.05, 0.1) is 0 Å². The van der Waals surface area contributed by atoms with Gasteiger partial charge in [-0.1, -0.05) is 41.5 Å². The minimum Gasteiger partial charge on any atom is -0.298 e. The number of carbonyl (C=O) groups is 3. The highest BCUT2D eigenvalue weighted by molar-refractivity contribution is 8.07. The molecule has 0 spiro atoms. The molecule has 3 rings (SSSR count). The molecule has 188 valence electrons. The largest absolute Gasteiger partial charge is 0.298 e. The van der Waals surface area contributed by atoms with E-state index in [1.165, 1.54) is 0 Å². The van der Waals surface area contributed by atoms with Gasteiger partial charge in [-0.05, 0) is 114 Å². The van der Waals surface area contributed by atoms with Crippen molar-refractivity contribution in [2.24, 2.45) is 0 Å². The van der Waals surface area contributed by atoms with Gasteiger partial charge in [0.1, 0.15) is 0 Å². The van der Waals surface area contributed by atoms with Gasteiger partial charge >= 0.3 is 0 Å². The molecule has 0 fully saturated rings. The Kier molecular flexibility index (Phi) is 7.44. The Morgan fingerprint density at radius 3 is 1.03 bits per heavy atom. The lowest BCUT2D eigenvalue weighted by atomic mass is 9.95. The van der Waals surface area contributed by atoms with Crippen LogP contribution in [-0.4, -0.2) is 16.6 Å². The molecule has 0 radical (unpaired) electrons. The summed E-state index contributed by atoms with van der Waals surface area (Å²) in [4.78, 5) is 42.8. The van der Waals surface area contributed by atoms with Crippen LogP contribution in [0.3, 0.4) is 0 Å². The summed E-state index contributed by atoms with van der Waals surface area (Å²) >= 11 is 0. The normalized spacial score (nSPS) is 11.5. The first-order valence-corrected chi connectivity index (χ1v) is 13.8. The van der Waals surface area contributed by atoms with Crippen LogP contribution in [0.5, 0.6) is 0 Å². The van der Waals surface area contributed by atoms with E-state index in [1.807, 2.05) is 58.0 Å². The average Bonchev–Trinajstić information content (AvgIpc) is 2.75. The van der Waals surface area contributed by atoms with Crippen LogP contribution in [0, 0.1) is 69.2 Å². The Hall–Kier alpha value is -3.10. The molecule has 0 unspecified atom stereocenters. The van der Waals surface area contributed by atoms with E-state index in [1.54, 1.807) is 41.5 Å². The Bertz CT molecular complexity index is 1360. The number of aryl methyl sites for hydroxylation is 8. The summed E-state index contributed by atoms with van der Waals surface area (Å²) < 4.78 is 15.0. The molecule has 0 atom stereocenters. The van der Waals surface area contributed by atoms with Crippen LogP contribution in [0.15, 0.2) is 30.3 Å². The van der Waals surface area contributed by atoms with Crippen molar-refractivity contribution in [3.63, 3.8) is 0 Å². The van der Waals surface area contributed by atoms with Crippen molar-refractivity contribution in [3.05, 3.63) is 103 Å². The van der Waals surface area contributed by atoms with Crippen LogP contribution in [0.1, 0.15) is 86.7 Å². The van der Waals surface area contributed by atoms with Crippen LogP contribution in [-0.2, 0) is 4.57 Å². The van der Waals surface area contributed by atoms with Crippen molar-refractivity contribution in [2.45, 2.75) is 69.2 Å². The van der Waals surface area contributed by atoms with Gasteiger partial charge in [0.25, 0.3) is 7.14 Å². The molecule has 0 amide bonds. The van der Waals surface area contributed by atoms with E-state index >= 15 is 0 Å². The van der Waals surface area contributed by atoms with E-state index in [0.717, 1.165) is 22.3 Å². The van der Waals surface area contributed by atoms with Crippen molar-refractivity contribution in [2.75, 3.05) is 0 Å². The van der Waals surface area contributed by atoms with Crippen LogP contribution >= 0.6 is 7.14 Å². The van der Waals surface area contributed by atoms with Gasteiger partial charge in [0.15, 0.2) is 0 Å². The van der Waals surface area contributed by atoms with E-state index in [2.05, 4.69) is 0 Å². The van der Waals surface area contributed by atoms with Gasteiger partial charge in [0, 0.05) is 16.7 Å². The minimum atomic E-state index is -4.81.